The van der Waals surface area contributed by atoms with Crippen molar-refractivity contribution in [2.75, 3.05) is 6.54 Å². The van der Waals surface area contributed by atoms with Crippen molar-refractivity contribution in [3.8, 4) is 0 Å². The molecule has 7 heteroatoms. The fourth-order valence-corrected chi connectivity index (χ4v) is 1.88. The summed E-state index contributed by atoms with van der Waals surface area (Å²) in [4.78, 5) is 13.7. The standard InChI is InChI=1S/C12H14ClN3O3/c1-7(17)8-2-3-9(10(13)6-8)12(19)11(18)4-5-15-16-14/h2-3,6,11-12,18-19H,4-5H2,1H3. The summed E-state index contributed by atoms with van der Waals surface area (Å²) in [5.41, 5.74) is 8.89. The molecule has 2 atom stereocenters. The first-order valence-electron chi connectivity index (χ1n) is 5.64. The second-order valence-corrected chi connectivity index (χ2v) is 4.46. The number of hydrogen-bond donors (Lipinski definition) is 2. The van der Waals surface area contributed by atoms with Crippen molar-refractivity contribution in [3.63, 3.8) is 0 Å². The van der Waals surface area contributed by atoms with Crippen LogP contribution in [0.2, 0.25) is 5.02 Å². The number of rotatable bonds is 6. The number of hydrogen-bond acceptors (Lipinski definition) is 4. The molecule has 0 fully saturated rings. The molecular weight excluding hydrogens is 270 g/mol. The zero-order valence-electron chi connectivity index (χ0n) is 10.3. The molecule has 0 aliphatic heterocycles. The molecule has 0 aliphatic rings. The quantitative estimate of drug-likeness (QED) is 0.363. The monoisotopic (exact) mass is 283 g/mol. The number of benzene rings is 1. The van der Waals surface area contributed by atoms with E-state index in [1.54, 1.807) is 0 Å². The molecule has 1 aromatic rings. The SMILES string of the molecule is CC(=O)c1ccc(C(O)C(O)CCN=[N+]=[N-])c(Cl)c1. The predicted octanol–water partition coefficient (Wildman–Crippen LogP) is 2.64. The van der Waals surface area contributed by atoms with Gasteiger partial charge in [0, 0.05) is 27.6 Å². The fourth-order valence-electron chi connectivity index (χ4n) is 1.59. The third-order valence-corrected chi connectivity index (χ3v) is 3.01. The number of ketones is 1. The first-order chi connectivity index (χ1) is 8.97. The molecule has 0 saturated carbocycles. The van der Waals surface area contributed by atoms with Crippen LogP contribution in [0.4, 0.5) is 0 Å². The Hall–Kier alpha value is -1.59. The molecule has 0 radical (unpaired) electrons. The Labute approximate surface area is 115 Å². The van der Waals surface area contributed by atoms with Crippen LogP contribution in [0.3, 0.4) is 0 Å². The number of carbonyl (C=O) groups is 1. The molecule has 0 bridgehead atoms. The molecule has 0 aliphatic carbocycles. The minimum absolute atomic E-state index is 0.0812. The van der Waals surface area contributed by atoms with Gasteiger partial charge in [0.25, 0.3) is 0 Å². The predicted molar refractivity (Wildman–Crippen MR) is 71.1 cm³/mol. The molecule has 0 saturated heterocycles. The van der Waals surface area contributed by atoms with Crippen LogP contribution in [0.1, 0.15) is 35.4 Å². The lowest BCUT2D eigenvalue weighted by molar-refractivity contribution is 0.0151. The van der Waals surface area contributed by atoms with E-state index in [1.807, 2.05) is 0 Å². The Kier molecular flexibility index (Phi) is 5.79. The Morgan fingerprint density at radius 1 is 1.53 bits per heavy atom. The molecule has 0 heterocycles. The van der Waals surface area contributed by atoms with Crippen molar-refractivity contribution in [2.45, 2.75) is 25.6 Å². The van der Waals surface area contributed by atoms with Crippen molar-refractivity contribution < 1.29 is 15.0 Å². The van der Waals surface area contributed by atoms with Crippen LogP contribution in [-0.4, -0.2) is 28.6 Å². The smallest absolute Gasteiger partial charge is 0.159 e. The second kappa shape index (κ2) is 7.11. The van der Waals surface area contributed by atoms with E-state index in [0.29, 0.717) is 11.1 Å². The zero-order chi connectivity index (χ0) is 14.4. The molecule has 2 unspecified atom stereocenters. The summed E-state index contributed by atoms with van der Waals surface area (Å²) in [6, 6.07) is 4.48. The number of halogens is 1. The minimum atomic E-state index is -1.19. The highest BCUT2D eigenvalue weighted by Crippen LogP contribution is 2.27. The molecule has 0 spiro atoms. The Morgan fingerprint density at radius 2 is 2.21 bits per heavy atom. The molecule has 0 amide bonds. The highest BCUT2D eigenvalue weighted by Gasteiger charge is 2.20. The Bertz CT molecular complexity index is 515. The first-order valence-corrected chi connectivity index (χ1v) is 6.02. The van der Waals surface area contributed by atoms with E-state index in [4.69, 9.17) is 17.1 Å². The van der Waals surface area contributed by atoms with Gasteiger partial charge in [0.2, 0.25) is 0 Å². The number of nitrogens with zero attached hydrogens (tertiary/aromatic N) is 3. The highest BCUT2D eigenvalue weighted by atomic mass is 35.5. The van der Waals surface area contributed by atoms with E-state index >= 15 is 0 Å². The molecule has 2 N–H and O–H groups in total. The summed E-state index contributed by atoms with van der Waals surface area (Å²) in [6.07, 6.45) is -2.16. The van der Waals surface area contributed by atoms with Crippen LogP contribution in [0.15, 0.2) is 23.3 Å². The van der Waals surface area contributed by atoms with Crippen LogP contribution in [0, 0.1) is 0 Å². The summed E-state index contributed by atoms with van der Waals surface area (Å²) >= 11 is 5.97. The normalized spacial score (nSPS) is 13.5. The van der Waals surface area contributed by atoms with Crippen molar-refractivity contribution in [1.82, 2.24) is 0 Å². The summed E-state index contributed by atoms with van der Waals surface area (Å²) in [7, 11) is 0. The Balaban J connectivity index is 2.84. The molecule has 1 rings (SSSR count). The average Bonchev–Trinajstić information content (AvgIpc) is 2.37. The van der Waals surface area contributed by atoms with Crippen LogP contribution in [0.5, 0.6) is 0 Å². The number of aliphatic hydroxyl groups is 2. The van der Waals surface area contributed by atoms with E-state index < -0.39 is 12.2 Å². The highest BCUT2D eigenvalue weighted by molar-refractivity contribution is 6.31. The lowest BCUT2D eigenvalue weighted by atomic mass is 10.00. The van der Waals surface area contributed by atoms with E-state index in [9.17, 15) is 15.0 Å². The molecular formula is C12H14ClN3O3. The van der Waals surface area contributed by atoms with Crippen LogP contribution in [0.25, 0.3) is 10.4 Å². The van der Waals surface area contributed by atoms with Gasteiger partial charge in [-0.15, -0.1) is 0 Å². The topological polar surface area (TPSA) is 106 Å². The molecule has 0 aromatic heterocycles. The van der Waals surface area contributed by atoms with Crippen LogP contribution < -0.4 is 0 Å². The van der Waals surface area contributed by atoms with E-state index in [2.05, 4.69) is 10.0 Å². The summed E-state index contributed by atoms with van der Waals surface area (Å²) in [6.45, 7) is 1.49. The summed E-state index contributed by atoms with van der Waals surface area (Å²) < 4.78 is 0. The van der Waals surface area contributed by atoms with Gasteiger partial charge in [0.15, 0.2) is 5.78 Å². The fraction of sp³-hybridized carbons (Fsp3) is 0.417. The zero-order valence-corrected chi connectivity index (χ0v) is 11.1. The van der Waals surface area contributed by atoms with E-state index in [-0.39, 0.29) is 23.8 Å². The third-order valence-electron chi connectivity index (χ3n) is 2.68. The maximum atomic E-state index is 11.2. The van der Waals surface area contributed by atoms with Crippen molar-refractivity contribution >= 4 is 17.4 Å². The summed E-state index contributed by atoms with van der Waals surface area (Å²) in [5.74, 6) is -0.133. The van der Waals surface area contributed by atoms with Gasteiger partial charge in [0.1, 0.15) is 6.10 Å². The Morgan fingerprint density at radius 3 is 2.74 bits per heavy atom. The number of carbonyl (C=O) groups excluding carboxylic acids is 1. The second-order valence-electron chi connectivity index (χ2n) is 4.05. The van der Waals surface area contributed by atoms with Gasteiger partial charge >= 0.3 is 0 Å². The average molecular weight is 284 g/mol. The van der Waals surface area contributed by atoms with Crippen LogP contribution >= 0.6 is 11.6 Å². The van der Waals surface area contributed by atoms with Gasteiger partial charge < -0.3 is 10.2 Å². The van der Waals surface area contributed by atoms with Crippen molar-refractivity contribution in [3.05, 3.63) is 44.8 Å². The molecule has 6 nitrogen and oxygen atoms in total. The first kappa shape index (κ1) is 15.5. The van der Waals surface area contributed by atoms with Crippen LogP contribution in [-0.2, 0) is 0 Å². The minimum Gasteiger partial charge on any atom is -0.390 e. The number of azide groups is 1. The van der Waals surface area contributed by atoms with E-state index in [0.717, 1.165) is 0 Å². The number of Topliss-reactive ketones (excluding diaryl/α,β-unsaturated/α-hetero) is 1. The van der Waals surface area contributed by atoms with Gasteiger partial charge in [-0.25, -0.2) is 0 Å². The number of aliphatic hydroxyl groups excluding tert-OH is 2. The molecule has 1 aromatic carbocycles. The molecule has 19 heavy (non-hydrogen) atoms. The third kappa shape index (κ3) is 4.22. The van der Waals surface area contributed by atoms with Gasteiger partial charge in [-0.3, -0.25) is 4.79 Å². The van der Waals surface area contributed by atoms with E-state index in [1.165, 1.54) is 25.1 Å². The van der Waals surface area contributed by atoms with Gasteiger partial charge in [-0.1, -0.05) is 28.8 Å². The molecule has 102 valence electrons. The van der Waals surface area contributed by atoms with Crippen molar-refractivity contribution in [2.24, 2.45) is 5.11 Å². The largest absolute Gasteiger partial charge is 0.390 e. The summed E-state index contributed by atoms with van der Waals surface area (Å²) in [5, 5.41) is 23.2. The van der Waals surface area contributed by atoms with Gasteiger partial charge in [-0.2, -0.15) is 0 Å². The van der Waals surface area contributed by atoms with Gasteiger partial charge in [0.05, 0.1) is 6.10 Å². The maximum absolute atomic E-state index is 11.2. The van der Waals surface area contributed by atoms with Crippen molar-refractivity contribution in [1.29, 1.82) is 0 Å². The maximum Gasteiger partial charge on any atom is 0.159 e. The van der Waals surface area contributed by atoms with Gasteiger partial charge in [-0.05, 0) is 24.9 Å². The lowest BCUT2D eigenvalue weighted by Crippen LogP contribution is -2.19. The lowest BCUT2D eigenvalue weighted by Gasteiger charge is -2.18.